The molecule has 0 atom stereocenters. The normalized spacial score (nSPS) is 14.6. The number of methoxy groups -OCH3 is 1. The van der Waals surface area contributed by atoms with E-state index in [1.807, 2.05) is 31.2 Å². The number of nitrogens with one attached hydrogen (secondary N) is 1. The van der Waals surface area contributed by atoms with Gasteiger partial charge in [0.1, 0.15) is 5.75 Å². The Balaban J connectivity index is 1.67. The third kappa shape index (κ3) is 5.16. The molecule has 154 valence electrons. The van der Waals surface area contributed by atoms with Gasteiger partial charge in [0.15, 0.2) is 5.96 Å². The Morgan fingerprint density at radius 1 is 1.17 bits per heavy atom. The van der Waals surface area contributed by atoms with Crippen LogP contribution in [0.3, 0.4) is 0 Å². The molecule has 29 heavy (non-hydrogen) atoms. The van der Waals surface area contributed by atoms with E-state index in [1.54, 1.807) is 19.2 Å². The number of nitrogens with zero attached hydrogens (tertiary/aromatic N) is 4. The van der Waals surface area contributed by atoms with Crippen molar-refractivity contribution in [1.82, 2.24) is 10.2 Å². The van der Waals surface area contributed by atoms with Crippen LogP contribution >= 0.6 is 0 Å². The summed E-state index contributed by atoms with van der Waals surface area (Å²) in [7, 11) is 1.69. The van der Waals surface area contributed by atoms with Gasteiger partial charge in [-0.2, -0.15) is 0 Å². The van der Waals surface area contributed by atoms with Crippen LogP contribution in [0.1, 0.15) is 12.5 Å². The summed E-state index contributed by atoms with van der Waals surface area (Å²) in [6.45, 7) is 6.59. The molecule has 1 heterocycles. The number of benzene rings is 2. The second kappa shape index (κ2) is 9.77. The first-order valence-corrected chi connectivity index (χ1v) is 9.77. The van der Waals surface area contributed by atoms with E-state index in [1.165, 1.54) is 6.07 Å². The predicted octanol–water partition coefficient (Wildman–Crippen LogP) is 2.89. The van der Waals surface area contributed by atoms with E-state index in [2.05, 4.69) is 21.2 Å². The van der Waals surface area contributed by atoms with Crippen LogP contribution in [0.15, 0.2) is 53.5 Å². The van der Waals surface area contributed by atoms with E-state index in [4.69, 9.17) is 9.73 Å². The fourth-order valence-electron chi connectivity index (χ4n) is 3.41. The Hall–Kier alpha value is -3.29. The third-order valence-electron chi connectivity index (χ3n) is 4.87. The molecule has 1 aliphatic heterocycles. The fraction of sp³-hybridized carbons (Fsp3) is 0.381. The lowest BCUT2D eigenvalue weighted by molar-refractivity contribution is -0.384. The van der Waals surface area contributed by atoms with Crippen LogP contribution in [0.2, 0.25) is 0 Å². The molecule has 2 aromatic rings. The van der Waals surface area contributed by atoms with Gasteiger partial charge in [0, 0.05) is 44.9 Å². The van der Waals surface area contributed by atoms with Crippen molar-refractivity contribution < 1.29 is 9.66 Å². The lowest BCUT2D eigenvalue weighted by atomic mass is 10.2. The van der Waals surface area contributed by atoms with Crippen LogP contribution in [-0.2, 0) is 6.54 Å². The minimum absolute atomic E-state index is 0.0909. The number of hydrogen-bond acceptors (Lipinski definition) is 5. The zero-order chi connectivity index (χ0) is 20.6. The number of nitro benzene ring substituents is 1. The molecule has 0 bridgehead atoms. The molecule has 1 N–H and O–H groups in total. The Morgan fingerprint density at radius 2 is 1.93 bits per heavy atom. The quantitative estimate of drug-likeness (QED) is 0.349. The van der Waals surface area contributed by atoms with E-state index in [-0.39, 0.29) is 10.6 Å². The highest BCUT2D eigenvalue weighted by atomic mass is 16.6. The SMILES string of the molecule is CCNC(=NCc1cccc([N+](=O)[O-])c1)N1CCN(c2ccccc2OC)CC1. The Bertz CT molecular complexity index is 863. The summed E-state index contributed by atoms with van der Waals surface area (Å²) in [5, 5.41) is 14.3. The summed E-state index contributed by atoms with van der Waals surface area (Å²) in [6.07, 6.45) is 0. The predicted molar refractivity (Wildman–Crippen MR) is 115 cm³/mol. The van der Waals surface area contributed by atoms with Crippen molar-refractivity contribution in [3.8, 4) is 5.75 Å². The van der Waals surface area contributed by atoms with Gasteiger partial charge >= 0.3 is 0 Å². The van der Waals surface area contributed by atoms with Gasteiger partial charge in [-0.3, -0.25) is 10.1 Å². The molecular formula is C21H27N5O3. The zero-order valence-corrected chi connectivity index (χ0v) is 16.9. The Kier molecular flexibility index (Phi) is 6.89. The smallest absolute Gasteiger partial charge is 0.269 e. The number of ether oxygens (including phenoxy) is 1. The number of aliphatic imine (C=N–C) groups is 1. The average Bonchev–Trinajstić information content (AvgIpc) is 2.77. The maximum absolute atomic E-state index is 11.0. The van der Waals surface area contributed by atoms with Gasteiger partial charge in [0.05, 0.1) is 24.3 Å². The molecule has 0 aromatic heterocycles. The molecule has 0 unspecified atom stereocenters. The molecule has 2 aromatic carbocycles. The lowest BCUT2D eigenvalue weighted by Gasteiger charge is -2.38. The first-order valence-electron chi connectivity index (χ1n) is 9.77. The van der Waals surface area contributed by atoms with Crippen LogP contribution in [-0.4, -0.2) is 55.6 Å². The highest BCUT2D eigenvalue weighted by Gasteiger charge is 2.21. The van der Waals surface area contributed by atoms with Gasteiger partial charge in [-0.25, -0.2) is 4.99 Å². The summed E-state index contributed by atoms with van der Waals surface area (Å²) in [6, 6.07) is 14.7. The van der Waals surface area contributed by atoms with Gasteiger partial charge < -0.3 is 19.9 Å². The molecule has 8 heteroatoms. The largest absolute Gasteiger partial charge is 0.495 e. The number of non-ortho nitro benzene ring substituents is 1. The maximum Gasteiger partial charge on any atom is 0.269 e. The maximum atomic E-state index is 11.0. The summed E-state index contributed by atoms with van der Waals surface area (Å²) >= 11 is 0. The molecule has 1 saturated heterocycles. The van der Waals surface area contributed by atoms with Gasteiger partial charge in [-0.05, 0) is 24.6 Å². The van der Waals surface area contributed by atoms with Crippen LogP contribution in [0.4, 0.5) is 11.4 Å². The van der Waals surface area contributed by atoms with E-state index >= 15 is 0 Å². The third-order valence-corrected chi connectivity index (χ3v) is 4.87. The number of piperazine rings is 1. The first-order chi connectivity index (χ1) is 14.1. The molecule has 8 nitrogen and oxygen atoms in total. The average molecular weight is 397 g/mol. The molecule has 0 spiro atoms. The first kappa shape index (κ1) is 20.4. The summed E-state index contributed by atoms with van der Waals surface area (Å²) in [5.41, 5.74) is 2.02. The van der Waals surface area contributed by atoms with Crippen molar-refractivity contribution in [3.63, 3.8) is 0 Å². The van der Waals surface area contributed by atoms with Crippen LogP contribution < -0.4 is 15.0 Å². The molecule has 0 amide bonds. The van der Waals surface area contributed by atoms with Gasteiger partial charge in [0.25, 0.3) is 5.69 Å². The van der Waals surface area contributed by atoms with E-state index in [0.29, 0.717) is 6.54 Å². The van der Waals surface area contributed by atoms with Crippen molar-refractivity contribution in [2.45, 2.75) is 13.5 Å². The highest BCUT2D eigenvalue weighted by Crippen LogP contribution is 2.28. The van der Waals surface area contributed by atoms with Crippen LogP contribution in [0, 0.1) is 10.1 Å². The van der Waals surface area contributed by atoms with Crippen molar-refractivity contribution in [2.75, 3.05) is 44.7 Å². The Labute approximate surface area is 170 Å². The number of nitro groups is 1. The molecule has 3 rings (SSSR count). The number of anilines is 1. The van der Waals surface area contributed by atoms with Crippen molar-refractivity contribution in [3.05, 3.63) is 64.2 Å². The molecule has 0 radical (unpaired) electrons. The van der Waals surface area contributed by atoms with Gasteiger partial charge in [-0.1, -0.05) is 24.3 Å². The van der Waals surface area contributed by atoms with Crippen LogP contribution in [0.25, 0.3) is 0 Å². The molecule has 0 saturated carbocycles. The van der Waals surface area contributed by atoms with Crippen molar-refractivity contribution >= 4 is 17.3 Å². The summed E-state index contributed by atoms with van der Waals surface area (Å²) in [4.78, 5) is 19.8. The number of guanidine groups is 1. The molecule has 0 aliphatic carbocycles. The fourth-order valence-corrected chi connectivity index (χ4v) is 3.41. The second-order valence-corrected chi connectivity index (χ2v) is 6.74. The van der Waals surface area contributed by atoms with Gasteiger partial charge in [0.2, 0.25) is 0 Å². The monoisotopic (exact) mass is 397 g/mol. The minimum Gasteiger partial charge on any atom is -0.495 e. The second-order valence-electron chi connectivity index (χ2n) is 6.74. The van der Waals surface area contributed by atoms with E-state index in [0.717, 1.165) is 55.7 Å². The van der Waals surface area contributed by atoms with E-state index in [9.17, 15) is 10.1 Å². The van der Waals surface area contributed by atoms with Crippen molar-refractivity contribution in [1.29, 1.82) is 0 Å². The minimum atomic E-state index is -0.379. The van der Waals surface area contributed by atoms with Crippen molar-refractivity contribution in [2.24, 2.45) is 4.99 Å². The number of rotatable bonds is 6. The number of para-hydroxylation sites is 2. The molecule has 1 aliphatic rings. The van der Waals surface area contributed by atoms with E-state index < -0.39 is 0 Å². The standard InChI is InChI=1S/C21H27N5O3/c1-3-22-21(23-16-17-7-6-8-18(15-17)26(27)28)25-13-11-24(12-14-25)19-9-4-5-10-20(19)29-2/h4-10,15H,3,11-14,16H2,1-2H3,(H,22,23). The summed E-state index contributed by atoms with van der Waals surface area (Å²) < 4.78 is 5.49. The van der Waals surface area contributed by atoms with Gasteiger partial charge in [-0.15, -0.1) is 0 Å². The lowest BCUT2D eigenvalue weighted by Crippen LogP contribution is -2.52. The highest BCUT2D eigenvalue weighted by molar-refractivity contribution is 5.80. The number of hydrogen-bond donors (Lipinski definition) is 1. The summed E-state index contributed by atoms with van der Waals surface area (Å²) in [5.74, 6) is 1.71. The molecule has 1 fully saturated rings. The topological polar surface area (TPSA) is 83.2 Å². The van der Waals surface area contributed by atoms with Crippen LogP contribution in [0.5, 0.6) is 5.75 Å². The molecular weight excluding hydrogens is 370 g/mol. The Morgan fingerprint density at radius 3 is 2.62 bits per heavy atom. The zero-order valence-electron chi connectivity index (χ0n) is 16.9.